The summed E-state index contributed by atoms with van der Waals surface area (Å²) in [5.41, 5.74) is 6.59. The number of H-pyrrole nitrogens is 1. The molecule has 0 atom stereocenters. The van der Waals surface area contributed by atoms with Gasteiger partial charge in [0.2, 0.25) is 5.65 Å². The van der Waals surface area contributed by atoms with E-state index in [-0.39, 0.29) is 5.91 Å². The van der Waals surface area contributed by atoms with Gasteiger partial charge in [0.1, 0.15) is 5.52 Å². The minimum absolute atomic E-state index is 0.209. The zero-order valence-corrected chi connectivity index (χ0v) is 18.6. The second kappa shape index (κ2) is 9.95. The Bertz CT molecular complexity index is 1520. The molecule has 8 heteroatoms. The summed E-state index contributed by atoms with van der Waals surface area (Å²) in [7, 11) is 0. The number of amides is 1. The van der Waals surface area contributed by atoms with Crippen molar-refractivity contribution in [2.24, 2.45) is 0 Å². The zero-order chi connectivity index (χ0) is 24.0. The van der Waals surface area contributed by atoms with Crippen LogP contribution in [0.5, 0.6) is 0 Å². The molecule has 0 radical (unpaired) electrons. The van der Waals surface area contributed by atoms with Gasteiger partial charge >= 0.3 is 0 Å². The van der Waals surface area contributed by atoms with Gasteiger partial charge in [-0.05, 0) is 59.7 Å². The molecule has 0 aliphatic rings. The summed E-state index contributed by atoms with van der Waals surface area (Å²) in [6.07, 6.45) is 0. The van der Waals surface area contributed by atoms with Gasteiger partial charge in [-0.3, -0.25) is 4.79 Å². The number of nitrogens with one attached hydrogen (secondary N) is 2. The molecule has 0 saturated heterocycles. The van der Waals surface area contributed by atoms with Crippen LogP contribution in [0, 0.1) is 11.3 Å². The Morgan fingerprint density at radius 2 is 1.66 bits per heavy atom. The number of pyridine rings is 1. The van der Waals surface area contributed by atoms with Crippen molar-refractivity contribution in [3.05, 3.63) is 107 Å². The molecule has 35 heavy (non-hydrogen) atoms. The number of carbonyl (C=O) groups is 1. The third kappa shape index (κ3) is 5.21. The van der Waals surface area contributed by atoms with Crippen LogP contribution < -0.4 is 5.32 Å². The Kier molecular flexibility index (Phi) is 6.24. The van der Waals surface area contributed by atoms with E-state index in [1.54, 1.807) is 24.3 Å². The molecule has 1 amide bonds. The van der Waals surface area contributed by atoms with Gasteiger partial charge in [-0.15, -0.1) is 5.10 Å². The summed E-state index contributed by atoms with van der Waals surface area (Å²) in [4.78, 5) is 17.3. The van der Waals surface area contributed by atoms with Gasteiger partial charge in [-0.25, -0.2) is 4.98 Å². The first-order valence-corrected chi connectivity index (χ1v) is 10.9. The van der Waals surface area contributed by atoms with Crippen molar-refractivity contribution >= 4 is 22.8 Å². The van der Waals surface area contributed by atoms with Crippen molar-refractivity contribution in [1.29, 1.82) is 5.26 Å². The number of aromatic amines is 1. The number of hydrogen-bond acceptors (Lipinski definition) is 6. The van der Waals surface area contributed by atoms with E-state index in [1.807, 2.05) is 60.7 Å². The smallest absolute Gasteiger partial charge is 0.255 e. The third-order valence-electron chi connectivity index (χ3n) is 5.43. The summed E-state index contributed by atoms with van der Waals surface area (Å²) in [6, 6.07) is 27.9. The molecule has 2 N–H and O–H groups in total. The number of ether oxygens (including phenoxy) is 1. The number of rotatable bonds is 7. The molecular weight excluding hydrogens is 440 g/mol. The van der Waals surface area contributed by atoms with Crippen molar-refractivity contribution in [2.45, 2.75) is 13.2 Å². The van der Waals surface area contributed by atoms with Crippen LogP contribution in [-0.4, -0.2) is 26.3 Å². The minimum atomic E-state index is -0.209. The number of nitrogens with zero attached hydrogens (tertiary/aromatic N) is 4. The third-order valence-corrected chi connectivity index (χ3v) is 5.43. The van der Waals surface area contributed by atoms with Crippen LogP contribution in [0.15, 0.2) is 84.9 Å². The average molecular weight is 460 g/mol. The summed E-state index contributed by atoms with van der Waals surface area (Å²) in [5, 5.41) is 22.4. The van der Waals surface area contributed by atoms with Gasteiger partial charge in [0, 0.05) is 16.8 Å². The number of anilines is 1. The van der Waals surface area contributed by atoms with E-state index >= 15 is 0 Å². The first kappa shape index (κ1) is 21.9. The molecule has 0 saturated carbocycles. The molecule has 0 aliphatic carbocycles. The molecule has 8 nitrogen and oxygen atoms in total. The van der Waals surface area contributed by atoms with Gasteiger partial charge in [0.05, 0.1) is 30.5 Å². The summed E-state index contributed by atoms with van der Waals surface area (Å²) in [6.45, 7) is 0.901. The number of nitriles is 1. The Morgan fingerprint density at radius 1 is 0.914 bits per heavy atom. The fourth-order valence-electron chi connectivity index (χ4n) is 3.57. The van der Waals surface area contributed by atoms with Gasteiger partial charge in [0.25, 0.3) is 5.91 Å². The van der Waals surface area contributed by atoms with Crippen LogP contribution in [-0.2, 0) is 18.0 Å². The molecule has 2 aromatic heterocycles. The normalized spacial score (nSPS) is 10.7. The molecule has 0 bridgehead atoms. The maximum absolute atomic E-state index is 12.8. The molecule has 0 aliphatic heterocycles. The maximum Gasteiger partial charge on any atom is 0.255 e. The Labute approximate surface area is 201 Å². The fourth-order valence-corrected chi connectivity index (χ4v) is 3.57. The molecule has 170 valence electrons. The van der Waals surface area contributed by atoms with Gasteiger partial charge < -0.3 is 10.1 Å². The Hall–Kier alpha value is -4.87. The zero-order valence-electron chi connectivity index (χ0n) is 18.6. The van der Waals surface area contributed by atoms with Gasteiger partial charge in [-0.1, -0.05) is 36.4 Å². The van der Waals surface area contributed by atoms with E-state index in [0.717, 1.165) is 16.7 Å². The highest BCUT2D eigenvalue weighted by molar-refractivity contribution is 6.05. The van der Waals surface area contributed by atoms with E-state index in [4.69, 9.17) is 10.00 Å². The lowest BCUT2D eigenvalue weighted by atomic mass is 10.1. The van der Waals surface area contributed by atoms with Crippen LogP contribution in [0.2, 0.25) is 0 Å². The van der Waals surface area contributed by atoms with Crippen LogP contribution in [0.3, 0.4) is 0 Å². The monoisotopic (exact) mass is 460 g/mol. The van der Waals surface area contributed by atoms with Crippen molar-refractivity contribution in [3.63, 3.8) is 0 Å². The highest BCUT2D eigenvalue weighted by Gasteiger charge is 2.10. The molecule has 0 fully saturated rings. The van der Waals surface area contributed by atoms with E-state index in [0.29, 0.717) is 46.9 Å². The lowest BCUT2D eigenvalue weighted by molar-refractivity contribution is 0.102. The SMILES string of the molecule is N#Cc1ccc(COCc2ccc(NC(=O)c3cccc(-c4ccc5n[nH]nc5n4)c3)cc2)cc1. The number of hydrogen-bond donors (Lipinski definition) is 2. The summed E-state index contributed by atoms with van der Waals surface area (Å²) >= 11 is 0. The fraction of sp³-hybridized carbons (Fsp3) is 0.0741. The molecule has 3 aromatic carbocycles. The maximum atomic E-state index is 12.8. The highest BCUT2D eigenvalue weighted by atomic mass is 16.5. The Morgan fingerprint density at radius 3 is 2.40 bits per heavy atom. The van der Waals surface area contributed by atoms with Crippen molar-refractivity contribution in [3.8, 4) is 17.3 Å². The molecule has 0 spiro atoms. The van der Waals surface area contributed by atoms with E-state index < -0.39 is 0 Å². The summed E-state index contributed by atoms with van der Waals surface area (Å²) < 4.78 is 5.76. The van der Waals surface area contributed by atoms with E-state index in [9.17, 15) is 4.79 Å². The standard InChI is InChI=1S/C27H20N6O2/c28-15-18-4-6-19(7-5-18)16-35-17-20-8-10-23(11-9-20)29-27(34)22-3-1-2-21(14-22)24-12-13-25-26(30-24)32-33-31-25/h1-14H,16-17H2,(H,29,34)(H,30,31,32,33). The first-order chi connectivity index (χ1) is 17.2. The largest absolute Gasteiger partial charge is 0.372 e. The highest BCUT2D eigenvalue weighted by Crippen LogP contribution is 2.21. The van der Waals surface area contributed by atoms with Crippen molar-refractivity contribution in [1.82, 2.24) is 20.4 Å². The molecule has 2 heterocycles. The van der Waals surface area contributed by atoms with Gasteiger partial charge in [-0.2, -0.15) is 15.6 Å². The average Bonchev–Trinajstić information content (AvgIpc) is 3.38. The predicted molar refractivity (Wildman–Crippen MR) is 131 cm³/mol. The van der Waals surface area contributed by atoms with E-state index in [1.165, 1.54) is 0 Å². The lowest BCUT2D eigenvalue weighted by Crippen LogP contribution is -2.12. The van der Waals surface area contributed by atoms with Crippen LogP contribution in [0.1, 0.15) is 27.0 Å². The molecule has 0 unspecified atom stereocenters. The van der Waals surface area contributed by atoms with Gasteiger partial charge in [0.15, 0.2) is 0 Å². The van der Waals surface area contributed by atoms with Crippen LogP contribution in [0.25, 0.3) is 22.4 Å². The van der Waals surface area contributed by atoms with E-state index in [2.05, 4.69) is 31.8 Å². The molecular formula is C27H20N6O2. The first-order valence-electron chi connectivity index (χ1n) is 10.9. The number of benzene rings is 3. The van der Waals surface area contributed by atoms with Crippen LogP contribution >= 0.6 is 0 Å². The lowest BCUT2D eigenvalue weighted by Gasteiger charge is -2.09. The Balaban J connectivity index is 1.19. The second-order valence-electron chi connectivity index (χ2n) is 7.90. The predicted octanol–water partition coefficient (Wildman–Crippen LogP) is 4.86. The van der Waals surface area contributed by atoms with Crippen molar-refractivity contribution in [2.75, 3.05) is 5.32 Å². The molecule has 5 aromatic rings. The number of carbonyl (C=O) groups excluding carboxylic acids is 1. The molecule has 5 rings (SSSR count). The topological polar surface area (TPSA) is 117 Å². The minimum Gasteiger partial charge on any atom is -0.372 e. The quantitative estimate of drug-likeness (QED) is 0.358. The number of aromatic nitrogens is 4. The van der Waals surface area contributed by atoms with Crippen LogP contribution in [0.4, 0.5) is 5.69 Å². The number of fused-ring (bicyclic) bond motifs is 1. The summed E-state index contributed by atoms with van der Waals surface area (Å²) in [5.74, 6) is -0.209. The van der Waals surface area contributed by atoms with Crippen molar-refractivity contribution < 1.29 is 9.53 Å². The second-order valence-corrected chi connectivity index (χ2v) is 7.90.